The van der Waals surface area contributed by atoms with Crippen LogP contribution in [0.4, 0.5) is 4.79 Å². The van der Waals surface area contributed by atoms with E-state index in [9.17, 15) is 13.2 Å². The smallest absolute Gasteiger partial charge is 0.317 e. The lowest BCUT2D eigenvalue weighted by Gasteiger charge is -2.31. The highest BCUT2D eigenvalue weighted by molar-refractivity contribution is 7.92. The quantitative estimate of drug-likeness (QED) is 0.872. The maximum absolute atomic E-state index is 12.7. The lowest BCUT2D eigenvalue weighted by molar-refractivity contribution is 0.187. The number of nitrogens with one attached hydrogen (secondary N) is 1. The van der Waals surface area contributed by atoms with Crippen molar-refractivity contribution in [1.29, 1.82) is 0 Å². The van der Waals surface area contributed by atoms with Crippen LogP contribution in [0.2, 0.25) is 0 Å². The zero-order chi connectivity index (χ0) is 18.4. The summed E-state index contributed by atoms with van der Waals surface area (Å²) in [6.45, 7) is 1.44. The van der Waals surface area contributed by atoms with Crippen molar-refractivity contribution in [3.8, 4) is 0 Å². The minimum Gasteiger partial charge on any atom is -0.338 e. The Hall–Kier alpha value is -2.41. The fourth-order valence-corrected chi connectivity index (χ4v) is 4.90. The second-order valence-corrected chi connectivity index (χ2v) is 8.62. The molecule has 1 N–H and O–H groups in total. The molecule has 2 aromatic rings. The zero-order valence-corrected chi connectivity index (χ0v) is 15.4. The molecule has 6 nitrogen and oxygen atoms in total. The van der Waals surface area contributed by atoms with Crippen LogP contribution in [0.1, 0.15) is 18.4 Å². The summed E-state index contributed by atoms with van der Waals surface area (Å²) in [7, 11) is -3.33. The van der Waals surface area contributed by atoms with Gasteiger partial charge in [0.25, 0.3) is 0 Å². The van der Waals surface area contributed by atoms with Crippen LogP contribution in [0.5, 0.6) is 0 Å². The number of pyridine rings is 1. The molecule has 0 spiro atoms. The fourth-order valence-electron chi connectivity index (χ4n) is 3.14. The van der Waals surface area contributed by atoms with Gasteiger partial charge in [0.05, 0.1) is 10.1 Å². The minimum atomic E-state index is -3.33. The second-order valence-electron chi connectivity index (χ2n) is 6.39. The molecule has 0 radical (unpaired) electrons. The van der Waals surface area contributed by atoms with E-state index in [1.165, 1.54) is 0 Å². The molecule has 2 amide bonds. The maximum atomic E-state index is 12.7. The first-order valence-corrected chi connectivity index (χ1v) is 10.3. The predicted octanol–water partition coefficient (Wildman–Crippen LogP) is 2.27. The van der Waals surface area contributed by atoms with Crippen LogP contribution in [0.25, 0.3) is 0 Å². The van der Waals surface area contributed by atoms with Gasteiger partial charge in [0.15, 0.2) is 9.84 Å². The summed E-state index contributed by atoms with van der Waals surface area (Å²) in [5.74, 6) is 0. The van der Waals surface area contributed by atoms with E-state index in [0.717, 1.165) is 12.0 Å². The molecule has 1 aliphatic heterocycles. The number of benzene rings is 1. The van der Waals surface area contributed by atoms with Gasteiger partial charge in [-0.15, -0.1) is 0 Å². The van der Waals surface area contributed by atoms with Gasteiger partial charge in [0.1, 0.15) is 0 Å². The number of piperidine rings is 1. The highest BCUT2D eigenvalue weighted by Gasteiger charge is 2.32. The number of hydrogen-bond acceptors (Lipinski definition) is 4. The summed E-state index contributed by atoms with van der Waals surface area (Å²) < 4.78 is 25.3. The Morgan fingerprint density at radius 1 is 1.12 bits per heavy atom. The van der Waals surface area contributed by atoms with Crippen LogP contribution < -0.4 is 5.32 Å². The topological polar surface area (TPSA) is 79.4 Å². The molecule has 138 valence electrons. The fraction of sp³-hybridized carbons (Fsp3) is 0.368. The average Bonchev–Trinajstić information content (AvgIpc) is 2.69. The monoisotopic (exact) mass is 373 g/mol. The molecule has 0 saturated carbocycles. The molecule has 1 aromatic heterocycles. The number of sulfone groups is 1. The zero-order valence-electron chi connectivity index (χ0n) is 14.5. The third kappa shape index (κ3) is 4.40. The highest BCUT2D eigenvalue weighted by atomic mass is 32.2. The molecular formula is C19H23N3O3S. The van der Waals surface area contributed by atoms with Gasteiger partial charge in [-0.2, -0.15) is 0 Å². The first kappa shape index (κ1) is 18.4. The summed E-state index contributed by atoms with van der Waals surface area (Å²) in [6, 6.07) is 12.2. The van der Waals surface area contributed by atoms with Crippen molar-refractivity contribution in [3.05, 3.63) is 60.4 Å². The lowest BCUT2D eigenvalue weighted by Crippen LogP contribution is -2.47. The number of hydrogen-bond donors (Lipinski definition) is 1. The molecule has 1 aromatic carbocycles. The van der Waals surface area contributed by atoms with Crippen molar-refractivity contribution in [3.63, 3.8) is 0 Å². The first-order chi connectivity index (χ1) is 12.6. The summed E-state index contributed by atoms with van der Waals surface area (Å²) in [6.07, 6.45) is 5.15. The van der Waals surface area contributed by atoms with Gasteiger partial charge < -0.3 is 10.2 Å². The third-order valence-electron chi connectivity index (χ3n) is 4.65. The highest BCUT2D eigenvalue weighted by Crippen LogP contribution is 2.24. The number of carbonyl (C=O) groups is 1. The van der Waals surface area contributed by atoms with Crippen LogP contribution in [-0.4, -0.2) is 49.2 Å². The third-order valence-corrected chi connectivity index (χ3v) is 6.93. The number of rotatable bonds is 5. The number of carbonyl (C=O) groups excluding carboxylic acids is 1. The Labute approximate surface area is 154 Å². The van der Waals surface area contributed by atoms with E-state index in [0.29, 0.717) is 37.4 Å². The van der Waals surface area contributed by atoms with E-state index in [4.69, 9.17) is 0 Å². The lowest BCUT2D eigenvalue weighted by atomic mass is 10.1. The summed E-state index contributed by atoms with van der Waals surface area (Å²) in [4.78, 5) is 18.4. The average molecular weight is 373 g/mol. The van der Waals surface area contributed by atoms with Crippen LogP contribution in [-0.2, 0) is 16.3 Å². The van der Waals surface area contributed by atoms with Gasteiger partial charge >= 0.3 is 6.03 Å². The second kappa shape index (κ2) is 8.31. The Morgan fingerprint density at radius 2 is 1.85 bits per heavy atom. The molecule has 0 unspecified atom stereocenters. The molecule has 7 heteroatoms. The minimum absolute atomic E-state index is 0.135. The molecule has 1 fully saturated rings. The van der Waals surface area contributed by atoms with Crippen LogP contribution in [0, 0.1) is 0 Å². The van der Waals surface area contributed by atoms with Crippen LogP contribution >= 0.6 is 0 Å². The van der Waals surface area contributed by atoms with Gasteiger partial charge in [0.2, 0.25) is 0 Å². The summed E-state index contributed by atoms with van der Waals surface area (Å²) in [5, 5.41) is 2.47. The van der Waals surface area contributed by atoms with E-state index >= 15 is 0 Å². The van der Waals surface area contributed by atoms with Gasteiger partial charge in [0, 0.05) is 32.0 Å². The van der Waals surface area contributed by atoms with Crippen molar-refractivity contribution in [1.82, 2.24) is 15.2 Å². The van der Waals surface area contributed by atoms with Crippen molar-refractivity contribution in [2.24, 2.45) is 0 Å². The standard InChI is InChI=1S/C19H23N3O3S/c23-19(21-12-8-16-5-4-11-20-15-16)22-13-9-18(10-14-22)26(24,25)17-6-2-1-3-7-17/h1-7,11,15,18H,8-10,12-14H2,(H,21,23). The molecule has 0 bridgehead atoms. The van der Waals surface area contributed by atoms with Crippen LogP contribution in [0.15, 0.2) is 59.8 Å². The first-order valence-electron chi connectivity index (χ1n) is 8.78. The molecule has 0 atom stereocenters. The molecular weight excluding hydrogens is 350 g/mol. The summed E-state index contributed by atoms with van der Waals surface area (Å²) >= 11 is 0. The van der Waals surface area contributed by atoms with Crippen molar-refractivity contribution in [2.75, 3.05) is 19.6 Å². The Morgan fingerprint density at radius 3 is 2.50 bits per heavy atom. The number of aromatic nitrogens is 1. The number of nitrogens with zero attached hydrogens (tertiary/aromatic N) is 2. The Balaban J connectivity index is 1.48. The number of amides is 2. The van der Waals surface area contributed by atoms with Crippen molar-refractivity contribution < 1.29 is 13.2 Å². The predicted molar refractivity (Wildman–Crippen MR) is 99.6 cm³/mol. The molecule has 26 heavy (non-hydrogen) atoms. The van der Waals surface area contributed by atoms with E-state index in [-0.39, 0.29) is 6.03 Å². The van der Waals surface area contributed by atoms with E-state index in [2.05, 4.69) is 10.3 Å². The van der Waals surface area contributed by atoms with Gasteiger partial charge in [-0.05, 0) is 43.0 Å². The Kier molecular flexibility index (Phi) is 5.88. The Bertz CT molecular complexity index is 818. The normalized spacial score (nSPS) is 15.6. The molecule has 2 heterocycles. The summed E-state index contributed by atoms with van der Waals surface area (Å²) in [5.41, 5.74) is 1.07. The van der Waals surface area contributed by atoms with Gasteiger partial charge in [-0.1, -0.05) is 24.3 Å². The number of urea groups is 1. The number of likely N-dealkylation sites (tertiary alicyclic amines) is 1. The van der Waals surface area contributed by atoms with E-state index in [1.54, 1.807) is 47.6 Å². The largest absolute Gasteiger partial charge is 0.338 e. The molecule has 0 aliphatic carbocycles. The van der Waals surface area contributed by atoms with Crippen LogP contribution in [0.3, 0.4) is 0 Å². The molecule has 1 aliphatic rings. The van der Waals surface area contributed by atoms with Crippen molar-refractivity contribution in [2.45, 2.75) is 29.4 Å². The molecule has 1 saturated heterocycles. The SMILES string of the molecule is O=C(NCCc1cccnc1)N1CCC(S(=O)(=O)c2ccccc2)CC1. The van der Waals surface area contributed by atoms with E-state index < -0.39 is 15.1 Å². The maximum Gasteiger partial charge on any atom is 0.317 e. The van der Waals surface area contributed by atoms with Gasteiger partial charge in [-0.3, -0.25) is 4.98 Å². The van der Waals surface area contributed by atoms with Gasteiger partial charge in [-0.25, -0.2) is 13.2 Å². The van der Waals surface area contributed by atoms with Crippen molar-refractivity contribution >= 4 is 15.9 Å². The molecule has 3 rings (SSSR count). The van der Waals surface area contributed by atoms with E-state index in [1.807, 2.05) is 12.1 Å².